The molecule has 1 aromatic rings. The first-order valence-electron chi connectivity index (χ1n) is 6.73. The fraction of sp³-hybridized carbons (Fsp3) is 0.467. The molecule has 116 valence electrons. The minimum absolute atomic E-state index is 0.138. The number of carbonyl (C=O) groups is 2. The van der Waals surface area contributed by atoms with Crippen molar-refractivity contribution in [1.29, 1.82) is 0 Å². The summed E-state index contributed by atoms with van der Waals surface area (Å²) in [6.45, 7) is 3.60. The lowest BCUT2D eigenvalue weighted by molar-refractivity contribution is -0.143. The van der Waals surface area contributed by atoms with Crippen LogP contribution in [0.2, 0.25) is 0 Å². The molecule has 1 amide bonds. The number of aliphatic carboxylic acids is 1. The summed E-state index contributed by atoms with van der Waals surface area (Å²) in [7, 11) is 1.42. The number of methoxy groups -OCH3 is 1. The van der Waals surface area contributed by atoms with Gasteiger partial charge >= 0.3 is 5.97 Å². The molecule has 0 saturated heterocycles. The van der Waals surface area contributed by atoms with Crippen LogP contribution in [0.15, 0.2) is 18.2 Å². The van der Waals surface area contributed by atoms with Crippen LogP contribution in [0.3, 0.4) is 0 Å². The highest BCUT2D eigenvalue weighted by molar-refractivity contribution is 5.85. The molecule has 2 atom stereocenters. The van der Waals surface area contributed by atoms with Crippen LogP contribution in [0.4, 0.5) is 4.39 Å². The molecule has 0 aliphatic heterocycles. The lowest BCUT2D eigenvalue weighted by Gasteiger charge is -2.20. The van der Waals surface area contributed by atoms with Gasteiger partial charge in [0.1, 0.15) is 17.6 Å². The first kappa shape index (κ1) is 16.9. The SMILES string of the molecule is CC[C@H](C)[C@H](NC(=O)Cc1cc(F)ccc1OC)C(=O)O. The molecule has 5 nitrogen and oxygen atoms in total. The van der Waals surface area contributed by atoms with E-state index in [1.807, 2.05) is 6.92 Å². The van der Waals surface area contributed by atoms with Crippen molar-refractivity contribution >= 4 is 11.9 Å². The maximum Gasteiger partial charge on any atom is 0.326 e. The van der Waals surface area contributed by atoms with E-state index < -0.39 is 23.7 Å². The molecule has 0 heterocycles. The van der Waals surface area contributed by atoms with Crippen molar-refractivity contribution in [1.82, 2.24) is 5.32 Å². The Bertz CT molecular complexity index is 518. The lowest BCUT2D eigenvalue weighted by atomic mass is 9.99. The van der Waals surface area contributed by atoms with Gasteiger partial charge in [-0.3, -0.25) is 4.79 Å². The highest BCUT2D eigenvalue weighted by atomic mass is 19.1. The largest absolute Gasteiger partial charge is 0.496 e. The zero-order chi connectivity index (χ0) is 16.0. The molecule has 0 saturated carbocycles. The summed E-state index contributed by atoms with van der Waals surface area (Å²) in [4.78, 5) is 23.1. The third-order valence-corrected chi connectivity index (χ3v) is 3.39. The monoisotopic (exact) mass is 297 g/mol. The van der Waals surface area contributed by atoms with Crippen molar-refractivity contribution in [2.45, 2.75) is 32.7 Å². The Balaban J connectivity index is 2.81. The van der Waals surface area contributed by atoms with E-state index in [4.69, 9.17) is 9.84 Å². The van der Waals surface area contributed by atoms with Crippen LogP contribution in [-0.4, -0.2) is 30.1 Å². The first-order chi connectivity index (χ1) is 9.88. The van der Waals surface area contributed by atoms with Gasteiger partial charge in [0.15, 0.2) is 0 Å². The number of carboxylic acids is 1. The molecule has 0 aliphatic rings. The highest BCUT2D eigenvalue weighted by Crippen LogP contribution is 2.20. The van der Waals surface area contributed by atoms with Crippen molar-refractivity contribution in [2.75, 3.05) is 7.11 Å². The number of amides is 1. The Morgan fingerprint density at radius 1 is 1.43 bits per heavy atom. The summed E-state index contributed by atoms with van der Waals surface area (Å²) < 4.78 is 18.3. The van der Waals surface area contributed by atoms with Gasteiger partial charge in [0, 0.05) is 5.56 Å². The molecule has 1 aromatic carbocycles. The van der Waals surface area contributed by atoms with Crippen molar-refractivity contribution in [3.8, 4) is 5.75 Å². The Morgan fingerprint density at radius 2 is 2.10 bits per heavy atom. The second-order valence-corrected chi connectivity index (χ2v) is 4.90. The van der Waals surface area contributed by atoms with Crippen LogP contribution >= 0.6 is 0 Å². The number of carbonyl (C=O) groups excluding carboxylic acids is 1. The molecule has 0 unspecified atom stereocenters. The summed E-state index contributed by atoms with van der Waals surface area (Å²) in [6, 6.07) is 2.92. The Kier molecular flexibility index (Phi) is 6.14. The van der Waals surface area contributed by atoms with Crippen molar-refractivity contribution in [3.63, 3.8) is 0 Å². The van der Waals surface area contributed by atoms with Crippen LogP contribution in [0, 0.1) is 11.7 Å². The van der Waals surface area contributed by atoms with Crippen LogP contribution in [0.5, 0.6) is 5.75 Å². The molecule has 0 fully saturated rings. The van der Waals surface area contributed by atoms with E-state index in [9.17, 15) is 14.0 Å². The second kappa shape index (κ2) is 7.61. The number of halogens is 1. The number of nitrogens with one attached hydrogen (secondary N) is 1. The predicted octanol–water partition coefficient (Wildman–Crippen LogP) is 1.99. The average Bonchev–Trinajstić information content (AvgIpc) is 2.44. The Morgan fingerprint density at radius 3 is 2.62 bits per heavy atom. The minimum Gasteiger partial charge on any atom is -0.496 e. The number of carboxylic acid groups (broad SMARTS) is 1. The molecular formula is C15H20FNO4. The maximum absolute atomic E-state index is 13.2. The van der Waals surface area contributed by atoms with Gasteiger partial charge in [0.05, 0.1) is 13.5 Å². The Labute approximate surface area is 123 Å². The summed E-state index contributed by atoms with van der Waals surface area (Å²) in [5.74, 6) is -1.84. The molecule has 21 heavy (non-hydrogen) atoms. The number of benzene rings is 1. The first-order valence-corrected chi connectivity index (χ1v) is 6.73. The van der Waals surface area contributed by atoms with Gasteiger partial charge in [-0.25, -0.2) is 9.18 Å². The molecular weight excluding hydrogens is 277 g/mol. The number of hydrogen-bond donors (Lipinski definition) is 2. The minimum atomic E-state index is -1.08. The second-order valence-electron chi connectivity index (χ2n) is 4.90. The summed E-state index contributed by atoms with van der Waals surface area (Å²) in [6.07, 6.45) is 0.488. The average molecular weight is 297 g/mol. The fourth-order valence-electron chi connectivity index (χ4n) is 1.97. The third-order valence-electron chi connectivity index (χ3n) is 3.39. The standard InChI is InChI=1S/C15H20FNO4/c1-4-9(2)14(15(19)20)17-13(18)8-10-7-11(16)5-6-12(10)21-3/h5-7,9,14H,4,8H2,1-3H3,(H,17,18)(H,19,20)/t9-,14-/m0/s1. The van der Waals surface area contributed by atoms with Crippen molar-refractivity contribution in [2.24, 2.45) is 5.92 Å². The van der Waals surface area contributed by atoms with Gasteiger partial charge in [0.25, 0.3) is 0 Å². The van der Waals surface area contributed by atoms with Gasteiger partial charge in [-0.2, -0.15) is 0 Å². The van der Waals surface area contributed by atoms with Crippen LogP contribution in [0.25, 0.3) is 0 Å². The molecule has 0 spiro atoms. The molecule has 6 heteroatoms. The predicted molar refractivity (Wildman–Crippen MR) is 75.7 cm³/mol. The van der Waals surface area contributed by atoms with Gasteiger partial charge in [-0.1, -0.05) is 20.3 Å². The van der Waals surface area contributed by atoms with Gasteiger partial charge in [0.2, 0.25) is 5.91 Å². The molecule has 1 rings (SSSR count). The molecule has 0 bridgehead atoms. The topological polar surface area (TPSA) is 75.6 Å². The molecule has 0 aliphatic carbocycles. The van der Waals surface area contributed by atoms with Crippen LogP contribution < -0.4 is 10.1 Å². The van der Waals surface area contributed by atoms with Gasteiger partial charge in [-0.15, -0.1) is 0 Å². The normalized spacial score (nSPS) is 13.3. The molecule has 2 N–H and O–H groups in total. The van der Waals surface area contributed by atoms with E-state index in [1.165, 1.54) is 25.3 Å². The Hall–Kier alpha value is -2.11. The van der Waals surface area contributed by atoms with Crippen LogP contribution in [0.1, 0.15) is 25.8 Å². The van der Waals surface area contributed by atoms with Crippen molar-refractivity contribution < 1.29 is 23.8 Å². The van der Waals surface area contributed by atoms with Gasteiger partial charge in [-0.05, 0) is 24.1 Å². The van der Waals surface area contributed by atoms with E-state index in [1.54, 1.807) is 6.92 Å². The van der Waals surface area contributed by atoms with Crippen molar-refractivity contribution in [3.05, 3.63) is 29.6 Å². The van der Waals surface area contributed by atoms with E-state index >= 15 is 0 Å². The van der Waals surface area contributed by atoms with Crippen LogP contribution in [-0.2, 0) is 16.0 Å². The zero-order valence-corrected chi connectivity index (χ0v) is 12.4. The highest BCUT2D eigenvalue weighted by Gasteiger charge is 2.25. The molecule has 0 radical (unpaired) electrons. The van der Waals surface area contributed by atoms with E-state index in [2.05, 4.69) is 5.32 Å². The fourth-order valence-corrected chi connectivity index (χ4v) is 1.97. The summed E-state index contributed by atoms with van der Waals surface area (Å²) >= 11 is 0. The number of ether oxygens (including phenoxy) is 1. The lowest BCUT2D eigenvalue weighted by Crippen LogP contribution is -2.45. The summed E-state index contributed by atoms with van der Waals surface area (Å²) in [5, 5.41) is 11.6. The molecule has 0 aromatic heterocycles. The number of rotatable bonds is 7. The number of hydrogen-bond acceptors (Lipinski definition) is 3. The smallest absolute Gasteiger partial charge is 0.326 e. The van der Waals surface area contributed by atoms with E-state index in [0.29, 0.717) is 17.7 Å². The third kappa shape index (κ3) is 4.73. The zero-order valence-electron chi connectivity index (χ0n) is 12.4. The van der Waals surface area contributed by atoms with E-state index in [-0.39, 0.29) is 12.3 Å². The maximum atomic E-state index is 13.2. The summed E-state index contributed by atoms with van der Waals surface area (Å²) in [5.41, 5.74) is 0.378. The van der Waals surface area contributed by atoms with E-state index in [0.717, 1.165) is 0 Å². The van der Waals surface area contributed by atoms with Gasteiger partial charge < -0.3 is 15.2 Å². The quantitative estimate of drug-likeness (QED) is 0.807.